The predicted octanol–water partition coefficient (Wildman–Crippen LogP) is 5.37. The second kappa shape index (κ2) is 8.10. The van der Waals surface area contributed by atoms with Gasteiger partial charge in [-0.2, -0.15) is 0 Å². The van der Waals surface area contributed by atoms with Crippen LogP contribution < -0.4 is 10.2 Å². The molecule has 1 N–H and O–H groups in total. The van der Waals surface area contributed by atoms with E-state index in [1.165, 1.54) is 6.07 Å². The van der Waals surface area contributed by atoms with E-state index in [0.717, 1.165) is 20.5 Å². The summed E-state index contributed by atoms with van der Waals surface area (Å²) in [6.45, 7) is 3.90. The Balaban J connectivity index is 1.73. The third kappa shape index (κ3) is 4.67. The number of hydrogen-bond donors (Lipinski definition) is 1. The molecule has 0 radical (unpaired) electrons. The Morgan fingerprint density at radius 1 is 1.19 bits per heavy atom. The van der Waals surface area contributed by atoms with Gasteiger partial charge in [-0.25, -0.2) is 9.37 Å². The molecule has 1 heterocycles. The molecule has 0 spiro atoms. The van der Waals surface area contributed by atoms with Gasteiger partial charge in [0.15, 0.2) is 4.34 Å². The van der Waals surface area contributed by atoms with Crippen LogP contribution in [-0.4, -0.2) is 25.0 Å². The van der Waals surface area contributed by atoms with Gasteiger partial charge in [-0.1, -0.05) is 11.8 Å². The summed E-state index contributed by atoms with van der Waals surface area (Å²) in [6, 6.07) is 10.3. The lowest BCUT2D eigenvalue weighted by molar-refractivity contribution is 0.102. The van der Waals surface area contributed by atoms with E-state index >= 15 is 0 Å². The average molecular weight is 402 g/mol. The van der Waals surface area contributed by atoms with Crippen LogP contribution in [0.3, 0.4) is 0 Å². The quantitative estimate of drug-likeness (QED) is 0.624. The van der Waals surface area contributed by atoms with Crippen LogP contribution in [0.1, 0.15) is 21.6 Å². The summed E-state index contributed by atoms with van der Waals surface area (Å²) >= 11 is 3.20. The fraction of sp³-hybridized carbons (Fsp3) is 0.200. The number of aryl methyl sites for hydroxylation is 2. The maximum atomic E-state index is 14.1. The first kappa shape index (κ1) is 19.4. The molecule has 0 saturated heterocycles. The molecule has 2 aromatic carbocycles. The van der Waals surface area contributed by atoms with Crippen molar-refractivity contribution in [3.8, 4) is 0 Å². The number of benzene rings is 2. The monoisotopic (exact) mass is 401 g/mol. The van der Waals surface area contributed by atoms with E-state index < -0.39 is 5.82 Å². The third-order valence-electron chi connectivity index (χ3n) is 3.94. The largest absolute Gasteiger partial charge is 0.375 e. The van der Waals surface area contributed by atoms with Crippen LogP contribution in [0.25, 0.3) is 0 Å². The molecule has 1 amide bonds. The second-order valence-corrected chi connectivity index (χ2v) is 8.53. The molecular weight excluding hydrogens is 381 g/mol. The fourth-order valence-electron chi connectivity index (χ4n) is 2.53. The van der Waals surface area contributed by atoms with Gasteiger partial charge >= 0.3 is 0 Å². The van der Waals surface area contributed by atoms with Gasteiger partial charge in [0.25, 0.3) is 5.91 Å². The first-order valence-corrected chi connectivity index (χ1v) is 10.0. The van der Waals surface area contributed by atoms with Gasteiger partial charge in [-0.05, 0) is 55.8 Å². The predicted molar refractivity (Wildman–Crippen MR) is 111 cm³/mol. The summed E-state index contributed by atoms with van der Waals surface area (Å²) in [4.78, 5) is 19.6. The smallest absolute Gasteiger partial charge is 0.255 e. The van der Waals surface area contributed by atoms with Crippen molar-refractivity contribution < 1.29 is 9.18 Å². The first-order valence-electron chi connectivity index (χ1n) is 8.32. The maximum Gasteiger partial charge on any atom is 0.255 e. The van der Waals surface area contributed by atoms with Crippen LogP contribution in [0.2, 0.25) is 0 Å². The molecule has 140 valence electrons. The number of hydrogen-bond acceptors (Lipinski definition) is 5. The minimum atomic E-state index is -0.421. The van der Waals surface area contributed by atoms with Crippen LogP contribution in [0, 0.1) is 19.7 Å². The number of halogens is 1. The summed E-state index contributed by atoms with van der Waals surface area (Å²) in [5.41, 5.74) is 3.38. The Bertz CT molecular complexity index is 985. The summed E-state index contributed by atoms with van der Waals surface area (Å²) in [6.07, 6.45) is 0. The van der Waals surface area contributed by atoms with Crippen molar-refractivity contribution in [3.05, 3.63) is 64.4 Å². The molecule has 0 aliphatic carbocycles. The lowest BCUT2D eigenvalue weighted by Gasteiger charge is -2.14. The van der Waals surface area contributed by atoms with Crippen molar-refractivity contribution in [1.82, 2.24) is 4.98 Å². The number of nitrogens with zero attached hydrogens (tertiary/aromatic N) is 2. The highest BCUT2D eigenvalue weighted by atomic mass is 32.2. The number of anilines is 2. The molecule has 0 atom stereocenters. The van der Waals surface area contributed by atoms with Crippen molar-refractivity contribution in [2.75, 3.05) is 24.3 Å². The van der Waals surface area contributed by atoms with Gasteiger partial charge in [-0.3, -0.25) is 4.79 Å². The number of amides is 1. The lowest BCUT2D eigenvalue weighted by atomic mass is 10.1. The Hall–Kier alpha value is -2.38. The Morgan fingerprint density at radius 2 is 1.96 bits per heavy atom. The van der Waals surface area contributed by atoms with E-state index in [1.54, 1.807) is 54.2 Å². The first-order chi connectivity index (χ1) is 12.8. The molecular formula is C20H20FN3OS2. The highest BCUT2D eigenvalue weighted by Gasteiger charge is 2.12. The Morgan fingerprint density at radius 3 is 2.56 bits per heavy atom. The zero-order valence-corrected chi connectivity index (χ0v) is 17.2. The van der Waals surface area contributed by atoms with E-state index in [2.05, 4.69) is 10.3 Å². The van der Waals surface area contributed by atoms with Crippen molar-refractivity contribution >= 4 is 40.4 Å². The molecule has 1 aromatic heterocycles. The van der Waals surface area contributed by atoms with E-state index in [9.17, 15) is 9.18 Å². The van der Waals surface area contributed by atoms with Gasteiger partial charge in [0.1, 0.15) is 5.82 Å². The van der Waals surface area contributed by atoms with Crippen LogP contribution in [0.15, 0.2) is 51.0 Å². The van der Waals surface area contributed by atoms with E-state index in [4.69, 9.17) is 0 Å². The molecule has 7 heteroatoms. The SMILES string of the molecule is Cc1csc(Sc2ccc(NC(=O)c3ccc(N(C)C)c(F)c3)c(C)c2)n1. The van der Waals surface area contributed by atoms with Crippen LogP contribution in [0.5, 0.6) is 0 Å². The molecule has 0 aliphatic heterocycles. The Labute approximate surface area is 166 Å². The number of nitrogens with one attached hydrogen (secondary N) is 1. The van der Waals surface area contributed by atoms with Crippen molar-refractivity contribution in [1.29, 1.82) is 0 Å². The summed E-state index contributed by atoms with van der Waals surface area (Å²) in [5, 5.41) is 4.87. The zero-order valence-electron chi connectivity index (χ0n) is 15.5. The number of carbonyl (C=O) groups is 1. The van der Waals surface area contributed by atoms with Gasteiger partial charge in [0, 0.05) is 41.3 Å². The number of rotatable bonds is 5. The highest BCUT2D eigenvalue weighted by molar-refractivity contribution is 8.01. The average Bonchev–Trinajstić information content (AvgIpc) is 3.01. The van der Waals surface area contributed by atoms with Crippen LogP contribution in [-0.2, 0) is 0 Å². The topological polar surface area (TPSA) is 45.2 Å². The van der Waals surface area contributed by atoms with Crippen molar-refractivity contribution in [3.63, 3.8) is 0 Å². The summed E-state index contributed by atoms with van der Waals surface area (Å²) in [5.74, 6) is -0.756. The second-order valence-electron chi connectivity index (χ2n) is 6.35. The minimum absolute atomic E-state index is 0.286. The van der Waals surface area contributed by atoms with E-state index in [1.807, 2.05) is 37.4 Å². The summed E-state index contributed by atoms with van der Waals surface area (Å²) < 4.78 is 15.1. The van der Waals surface area contributed by atoms with Crippen molar-refractivity contribution in [2.45, 2.75) is 23.1 Å². The highest BCUT2D eigenvalue weighted by Crippen LogP contribution is 2.32. The molecule has 27 heavy (non-hydrogen) atoms. The zero-order chi connectivity index (χ0) is 19.6. The number of carbonyl (C=O) groups excluding carboxylic acids is 1. The normalized spacial score (nSPS) is 10.7. The molecule has 0 unspecified atom stereocenters. The molecule has 0 aliphatic rings. The van der Waals surface area contributed by atoms with Gasteiger partial charge in [0.2, 0.25) is 0 Å². The molecule has 0 saturated carbocycles. The minimum Gasteiger partial charge on any atom is -0.375 e. The molecule has 3 aromatic rings. The molecule has 0 fully saturated rings. The molecule has 4 nitrogen and oxygen atoms in total. The van der Waals surface area contributed by atoms with Crippen LogP contribution in [0.4, 0.5) is 15.8 Å². The van der Waals surface area contributed by atoms with Gasteiger partial charge < -0.3 is 10.2 Å². The Kier molecular flexibility index (Phi) is 5.82. The number of thiazole rings is 1. The third-order valence-corrected chi connectivity index (χ3v) is 5.99. The van der Waals surface area contributed by atoms with Crippen molar-refractivity contribution in [2.24, 2.45) is 0 Å². The fourth-order valence-corrected chi connectivity index (χ4v) is 4.43. The standard InChI is InChI=1S/C20H20FN3OS2/c1-12-9-15(27-20-22-13(2)11-26-20)6-7-17(12)23-19(25)14-5-8-18(24(3)4)16(21)10-14/h5-11H,1-4H3,(H,23,25). The van der Waals surface area contributed by atoms with Gasteiger partial charge in [0.05, 0.1) is 5.69 Å². The van der Waals surface area contributed by atoms with Gasteiger partial charge in [-0.15, -0.1) is 11.3 Å². The van der Waals surface area contributed by atoms with E-state index in [-0.39, 0.29) is 11.5 Å². The summed E-state index contributed by atoms with van der Waals surface area (Å²) in [7, 11) is 3.52. The lowest BCUT2D eigenvalue weighted by Crippen LogP contribution is -2.15. The molecule has 0 bridgehead atoms. The molecule has 3 rings (SSSR count). The van der Waals surface area contributed by atoms with E-state index in [0.29, 0.717) is 11.4 Å². The van der Waals surface area contributed by atoms with Crippen LogP contribution >= 0.6 is 23.1 Å². The maximum absolute atomic E-state index is 14.1. The number of aromatic nitrogens is 1.